The van der Waals surface area contributed by atoms with E-state index in [0.29, 0.717) is 0 Å². The van der Waals surface area contributed by atoms with E-state index >= 15 is 0 Å². The van der Waals surface area contributed by atoms with Gasteiger partial charge in [0.15, 0.2) is 0 Å². The molecule has 0 aromatic carbocycles. The lowest BCUT2D eigenvalue weighted by Gasteiger charge is -2.24. The fraction of sp³-hybridized carbons (Fsp3) is 0.857. The average molecular weight is 174 g/mol. The van der Waals surface area contributed by atoms with Crippen LogP contribution < -0.4 is 11.1 Å². The zero-order valence-corrected chi connectivity index (χ0v) is 7.92. The van der Waals surface area contributed by atoms with E-state index in [-0.39, 0.29) is 10.8 Å². The topological polar surface area (TPSA) is 55.1 Å². The maximum atomic E-state index is 11.0. The van der Waals surface area contributed by atoms with Gasteiger partial charge in [-0.05, 0) is 20.8 Å². The van der Waals surface area contributed by atoms with E-state index in [2.05, 4.69) is 5.32 Å². The Hall–Kier alpha value is -0.220. The molecule has 0 bridgehead atoms. The third-order valence-corrected chi connectivity index (χ3v) is 3.39. The molecular formula is C7H14N2OS. The van der Waals surface area contributed by atoms with Crippen molar-refractivity contribution in [2.24, 2.45) is 5.73 Å². The lowest BCUT2D eigenvalue weighted by atomic mass is 10.0. The highest BCUT2D eigenvalue weighted by atomic mass is 32.2. The molecule has 64 valence electrons. The van der Waals surface area contributed by atoms with Crippen molar-refractivity contribution in [1.82, 2.24) is 5.32 Å². The van der Waals surface area contributed by atoms with Crippen molar-refractivity contribution in [2.75, 3.05) is 5.75 Å². The monoisotopic (exact) mass is 174 g/mol. The normalized spacial score (nSPS) is 35.5. The SMILES string of the molecule is CC1(C)N[C@@](C)(C(N)=O)CS1. The predicted molar refractivity (Wildman–Crippen MR) is 47.3 cm³/mol. The smallest absolute Gasteiger partial charge is 0.238 e. The number of hydrogen-bond acceptors (Lipinski definition) is 3. The third kappa shape index (κ3) is 1.68. The van der Waals surface area contributed by atoms with Gasteiger partial charge in [0, 0.05) is 5.75 Å². The van der Waals surface area contributed by atoms with Crippen LogP contribution in [0.4, 0.5) is 0 Å². The molecule has 0 aliphatic carbocycles. The quantitative estimate of drug-likeness (QED) is 0.601. The van der Waals surface area contributed by atoms with E-state index in [9.17, 15) is 4.79 Å². The minimum atomic E-state index is -0.520. The molecule has 3 nitrogen and oxygen atoms in total. The van der Waals surface area contributed by atoms with Gasteiger partial charge in [0.25, 0.3) is 0 Å². The molecule has 0 unspecified atom stereocenters. The number of nitrogens with one attached hydrogen (secondary N) is 1. The average Bonchev–Trinajstić information content (AvgIpc) is 2.08. The highest BCUT2D eigenvalue weighted by Crippen LogP contribution is 2.34. The second kappa shape index (κ2) is 2.38. The first-order valence-corrected chi connectivity index (χ1v) is 4.57. The van der Waals surface area contributed by atoms with Crippen LogP contribution in [-0.2, 0) is 4.79 Å². The van der Waals surface area contributed by atoms with Crippen LogP contribution in [0.15, 0.2) is 0 Å². The number of hydrogen-bond donors (Lipinski definition) is 2. The van der Waals surface area contributed by atoms with Crippen LogP contribution in [0.5, 0.6) is 0 Å². The second-order valence-electron chi connectivity index (χ2n) is 3.62. The van der Waals surface area contributed by atoms with Gasteiger partial charge in [0.1, 0.15) is 5.54 Å². The number of amides is 1. The van der Waals surface area contributed by atoms with Crippen molar-refractivity contribution in [2.45, 2.75) is 31.2 Å². The fourth-order valence-electron chi connectivity index (χ4n) is 1.19. The van der Waals surface area contributed by atoms with E-state index < -0.39 is 5.54 Å². The highest BCUT2D eigenvalue weighted by Gasteiger charge is 2.43. The maximum Gasteiger partial charge on any atom is 0.238 e. The van der Waals surface area contributed by atoms with Crippen LogP contribution in [0.3, 0.4) is 0 Å². The molecule has 4 heteroatoms. The summed E-state index contributed by atoms with van der Waals surface area (Å²) in [5.41, 5.74) is 4.72. The van der Waals surface area contributed by atoms with Gasteiger partial charge in [-0.3, -0.25) is 10.1 Å². The van der Waals surface area contributed by atoms with Crippen molar-refractivity contribution in [3.8, 4) is 0 Å². The van der Waals surface area contributed by atoms with Gasteiger partial charge in [-0.25, -0.2) is 0 Å². The van der Waals surface area contributed by atoms with Crippen molar-refractivity contribution < 1.29 is 4.79 Å². The van der Waals surface area contributed by atoms with Crippen molar-refractivity contribution in [1.29, 1.82) is 0 Å². The molecule has 1 amide bonds. The van der Waals surface area contributed by atoms with E-state index in [4.69, 9.17) is 5.73 Å². The van der Waals surface area contributed by atoms with Gasteiger partial charge in [0.2, 0.25) is 5.91 Å². The maximum absolute atomic E-state index is 11.0. The molecule has 1 aliphatic heterocycles. The van der Waals surface area contributed by atoms with Gasteiger partial charge in [-0.2, -0.15) is 0 Å². The molecule has 3 N–H and O–H groups in total. The lowest BCUT2D eigenvalue weighted by Crippen LogP contribution is -2.54. The Morgan fingerprint density at radius 3 is 2.27 bits per heavy atom. The number of thioether (sulfide) groups is 1. The molecule has 1 rings (SSSR count). The minimum Gasteiger partial charge on any atom is -0.368 e. The summed E-state index contributed by atoms with van der Waals surface area (Å²) in [7, 11) is 0. The van der Waals surface area contributed by atoms with Crippen LogP contribution in [0.25, 0.3) is 0 Å². The summed E-state index contributed by atoms with van der Waals surface area (Å²) >= 11 is 1.72. The summed E-state index contributed by atoms with van der Waals surface area (Å²) in [5, 5.41) is 3.19. The van der Waals surface area contributed by atoms with E-state index in [1.807, 2.05) is 20.8 Å². The molecule has 0 aromatic rings. The Labute approximate surface area is 71.1 Å². The van der Waals surface area contributed by atoms with Crippen LogP contribution in [0.1, 0.15) is 20.8 Å². The number of carbonyl (C=O) groups excluding carboxylic acids is 1. The minimum absolute atomic E-state index is 0.0240. The second-order valence-corrected chi connectivity index (χ2v) is 5.22. The van der Waals surface area contributed by atoms with Crippen LogP contribution in [0, 0.1) is 0 Å². The van der Waals surface area contributed by atoms with Crippen LogP contribution in [0.2, 0.25) is 0 Å². The molecule has 1 fully saturated rings. The van der Waals surface area contributed by atoms with Crippen LogP contribution in [-0.4, -0.2) is 22.1 Å². The third-order valence-electron chi connectivity index (χ3n) is 1.84. The van der Waals surface area contributed by atoms with E-state index in [0.717, 1.165) is 5.75 Å². The molecule has 0 saturated carbocycles. The number of carbonyl (C=O) groups is 1. The Bertz CT molecular complexity index is 193. The lowest BCUT2D eigenvalue weighted by molar-refractivity contribution is -0.123. The molecule has 0 aromatic heterocycles. The number of primary amides is 1. The first-order valence-electron chi connectivity index (χ1n) is 3.59. The zero-order chi connectivity index (χ0) is 8.70. The molecule has 11 heavy (non-hydrogen) atoms. The molecular weight excluding hydrogens is 160 g/mol. The van der Waals surface area contributed by atoms with Gasteiger partial charge in [-0.1, -0.05) is 0 Å². The molecule has 1 atom stereocenters. The summed E-state index contributed by atoms with van der Waals surface area (Å²) in [6.45, 7) is 5.94. The fourth-order valence-corrected chi connectivity index (χ4v) is 2.36. The summed E-state index contributed by atoms with van der Waals surface area (Å²) in [6.07, 6.45) is 0. The van der Waals surface area contributed by atoms with Crippen molar-refractivity contribution in [3.63, 3.8) is 0 Å². The number of rotatable bonds is 1. The highest BCUT2D eigenvalue weighted by molar-refractivity contribution is 8.00. The first kappa shape index (κ1) is 8.87. The van der Waals surface area contributed by atoms with E-state index in [1.54, 1.807) is 11.8 Å². The first-order chi connectivity index (χ1) is 4.86. The Morgan fingerprint density at radius 2 is 2.09 bits per heavy atom. The molecule has 1 aliphatic rings. The Morgan fingerprint density at radius 1 is 1.55 bits per heavy atom. The summed E-state index contributed by atoms with van der Waals surface area (Å²) < 4.78 is 0. The van der Waals surface area contributed by atoms with Gasteiger partial charge < -0.3 is 5.73 Å². The largest absolute Gasteiger partial charge is 0.368 e. The van der Waals surface area contributed by atoms with Gasteiger partial charge in [0.05, 0.1) is 4.87 Å². The predicted octanol–water partition coefficient (Wildman–Crippen LogP) is 0.303. The van der Waals surface area contributed by atoms with Crippen LogP contribution >= 0.6 is 11.8 Å². The van der Waals surface area contributed by atoms with E-state index in [1.165, 1.54) is 0 Å². The zero-order valence-electron chi connectivity index (χ0n) is 7.10. The standard InChI is InChI=1S/C7H14N2OS/c1-6(2)9-7(3,4-11-6)5(8)10/h9H,4H2,1-3H3,(H2,8,10)/t7-/m1/s1. The summed E-state index contributed by atoms with van der Waals surface area (Å²) in [5.74, 6) is 0.491. The summed E-state index contributed by atoms with van der Waals surface area (Å²) in [4.78, 5) is 10.9. The van der Waals surface area contributed by atoms with Crippen molar-refractivity contribution in [3.05, 3.63) is 0 Å². The number of nitrogens with two attached hydrogens (primary N) is 1. The van der Waals surface area contributed by atoms with Gasteiger partial charge in [-0.15, -0.1) is 11.8 Å². The van der Waals surface area contributed by atoms with Crippen molar-refractivity contribution >= 4 is 17.7 Å². The molecule has 1 saturated heterocycles. The molecule has 0 radical (unpaired) electrons. The summed E-state index contributed by atoms with van der Waals surface area (Å²) in [6, 6.07) is 0. The Kier molecular flexibility index (Phi) is 1.92. The van der Waals surface area contributed by atoms with Gasteiger partial charge >= 0.3 is 0 Å². The molecule has 0 spiro atoms. The Balaban J connectivity index is 2.73. The molecule has 1 heterocycles.